The van der Waals surface area contributed by atoms with Crippen LogP contribution in [0.4, 0.5) is 0 Å². The van der Waals surface area contributed by atoms with Gasteiger partial charge in [0.2, 0.25) is 0 Å². The lowest BCUT2D eigenvalue weighted by Crippen LogP contribution is -2.26. The fraction of sp³-hybridized carbons (Fsp3) is 0.941. The monoisotopic (exact) mass is 279 g/mol. The number of hydrogen-bond donors (Lipinski definition) is 0. The topological polar surface area (TPSA) is 12.4 Å². The maximum absolute atomic E-state index is 5.12. The Labute approximate surface area is 123 Å². The van der Waals surface area contributed by atoms with E-state index in [0.29, 0.717) is 6.04 Å². The van der Waals surface area contributed by atoms with Crippen molar-refractivity contribution in [1.82, 2.24) is 0 Å². The molecule has 19 heavy (non-hydrogen) atoms. The molecule has 2 aliphatic carbocycles. The fourth-order valence-corrected chi connectivity index (χ4v) is 5.88. The van der Waals surface area contributed by atoms with Crippen LogP contribution in [-0.2, 0) is 0 Å². The molecular formula is C17H29NS. The van der Waals surface area contributed by atoms with E-state index >= 15 is 0 Å². The Balaban J connectivity index is 1.57. The molecule has 3 unspecified atom stereocenters. The first-order chi connectivity index (χ1) is 9.13. The van der Waals surface area contributed by atoms with Crippen LogP contribution in [0.3, 0.4) is 0 Å². The molecule has 0 spiro atoms. The van der Waals surface area contributed by atoms with Gasteiger partial charge < -0.3 is 0 Å². The van der Waals surface area contributed by atoms with Gasteiger partial charge in [0, 0.05) is 11.2 Å². The zero-order valence-corrected chi connectivity index (χ0v) is 13.6. The smallest absolute Gasteiger partial charge is 0.0714 e. The lowest BCUT2D eigenvalue weighted by molar-refractivity contribution is 0.257. The highest BCUT2D eigenvalue weighted by Crippen LogP contribution is 2.44. The summed E-state index contributed by atoms with van der Waals surface area (Å²) in [5.41, 5.74) is 0. The van der Waals surface area contributed by atoms with Crippen molar-refractivity contribution in [2.75, 3.05) is 0 Å². The third kappa shape index (κ3) is 3.04. The molecule has 0 saturated heterocycles. The molecule has 2 heteroatoms. The van der Waals surface area contributed by atoms with Crippen molar-refractivity contribution in [2.45, 2.75) is 77.0 Å². The minimum Gasteiger partial charge on any atom is -0.278 e. The van der Waals surface area contributed by atoms with Crippen molar-refractivity contribution in [3.05, 3.63) is 0 Å². The van der Waals surface area contributed by atoms with E-state index in [1.165, 1.54) is 44.9 Å². The first-order valence-corrected chi connectivity index (χ1v) is 9.25. The molecule has 1 nitrogen and oxygen atoms in total. The first kappa shape index (κ1) is 14.0. The molecule has 3 atom stereocenters. The summed E-state index contributed by atoms with van der Waals surface area (Å²) in [5.74, 6) is 3.61. The highest BCUT2D eigenvalue weighted by Gasteiger charge is 2.38. The summed E-state index contributed by atoms with van der Waals surface area (Å²) >= 11 is 2.16. The molecule has 0 amide bonds. The minimum atomic E-state index is 0.680. The van der Waals surface area contributed by atoms with Crippen LogP contribution < -0.4 is 0 Å². The van der Waals surface area contributed by atoms with Gasteiger partial charge in [-0.25, -0.2) is 0 Å². The Hall–Kier alpha value is 0.0200. The van der Waals surface area contributed by atoms with Crippen LogP contribution >= 0.6 is 11.8 Å². The van der Waals surface area contributed by atoms with Gasteiger partial charge in [0.25, 0.3) is 0 Å². The van der Waals surface area contributed by atoms with Crippen LogP contribution in [0.25, 0.3) is 0 Å². The highest BCUT2D eigenvalue weighted by molar-refractivity contribution is 8.14. The van der Waals surface area contributed by atoms with Gasteiger partial charge in [0.1, 0.15) is 0 Å². The third-order valence-corrected chi connectivity index (χ3v) is 7.14. The number of hydrogen-bond acceptors (Lipinski definition) is 2. The third-order valence-electron chi connectivity index (χ3n) is 5.65. The number of rotatable bonds is 2. The lowest BCUT2D eigenvalue weighted by Gasteiger charge is -2.31. The molecule has 0 N–H and O–H groups in total. The van der Waals surface area contributed by atoms with Crippen LogP contribution in [0.1, 0.15) is 65.7 Å². The average molecular weight is 279 g/mol. The van der Waals surface area contributed by atoms with Gasteiger partial charge in [-0.1, -0.05) is 20.8 Å². The largest absolute Gasteiger partial charge is 0.278 e. The van der Waals surface area contributed by atoms with Crippen molar-refractivity contribution in [3.63, 3.8) is 0 Å². The Bertz CT molecular complexity index is 341. The zero-order valence-electron chi connectivity index (χ0n) is 12.8. The number of aliphatic imine (C=N–C) groups is 1. The molecule has 0 aromatic rings. The fourth-order valence-electron chi connectivity index (χ4n) is 4.17. The first-order valence-electron chi connectivity index (χ1n) is 8.38. The normalized spacial score (nSPS) is 43.2. The van der Waals surface area contributed by atoms with E-state index in [0.717, 1.165) is 28.9 Å². The van der Waals surface area contributed by atoms with Crippen LogP contribution in [0.5, 0.6) is 0 Å². The van der Waals surface area contributed by atoms with E-state index < -0.39 is 0 Å². The van der Waals surface area contributed by atoms with Crippen LogP contribution in [-0.4, -0.2) is 16.3 Å². The standard InChI is InChI=1S/C17H29NS/c1-11(2)13-5-7-14(8-6-13)17-18-15-9-4-12(3)10-16(15)19-17/h11-16H,4-10H2,1-3H3. The Morgan fingerprint density at radius 2 is 1.79 bits per heavy atom. The van der Waals surface area contributed by atoms with E-state index in [9.17, 15) is 0 Å². The quantitative estimate of drug-likeness (QED) is 0.681. The van der Waals surface area contributed by atoms with Crippen molar-refractivity contribution in [3.8, 4) is 0 Å². The van der Waals surface area contributed by atoms with E-state index in [-0.39, 0.29) is 0 Å². The maximum Gasteiger partial charge on any atom is 0.0714 e. The van der Waals surface area contributed by atoms with Gasteiger partial charge in [0.05, 0.1) is 11.1 Å². The molecule has 0 aromatic carbocycles. The van der Waals surface area contributed by atoms with E-state index in [1.54, 1.807) is 5.04 Å². The van der Waals surface area contributed by atoms with Gasteiger partial charge in [-0.15, -0.1) is 11.8 Å². The van der Waals surface area contributed by atoms with E-state index in [2.05, 4.69) is 32.5 Å². The molecule has 0 radical (unpaired) electrons. The second-order valence-corrected chi connectivity index (χ2v) is 8.72. The van der Waals surface area contributed by atoms with Crippen molar-refractivity contribution >= 4 is 16.8 Å². The zero-order chi connectivity index (χ0) is 13.4. The molecular weight excluding hydrogens is 250 g/mol. The molecule has 1 aliphatic heterocycles. The SMILES string of the molecule is CC1CCC2N=C(C3CCC(C(C)C)CC3)SC2C1. The Morgan fingerprint density at radius 3 is 2.47 bits per heavy atom. The van der Waals surface area contributed by atoms with Gasteiger partial charge in [-0.2, -0.15) is 0 Å². The summed E-state index contributed by atoms with van der Waals surface area (Å²) in [5, 5.41) is 2.38. The summed E-state index contributed by atoms with van der Waals surface area (Å²) < 4.78 is 0. The summed E-state index contributed by atoms with van der Waals surface area (Å²) in [4.78, 5) is 5.12. The molecule has 108 valence electrons. The maximum atomic E-state index is 5.12. The second-order valence-electron chi connectivity index (χ2n) is 7.46. The predicted octanol–water partition coefficient (Wildman–Crippen LogP) is 5.15. The molecule has 2 saturated carbocycles. The average Bonchev–Trinajstić information content (AvgIpc) is 2.81. The minimum absolute atomic E-state index is 0.680. The van der Waals surface area contributed by atoms with Gasteiger partial charge >= 0.3 is 0 Å². The highest BCUT2D eigenvalue weighted by atomic mass is 32.2. The Morgan fingerprint density at radius 1 is 1.05 bits per heavy atom. The number of fused-ring (bicyclic) bond motifs is 1. The van der Waals surface area contributed by atoms with Crippen LogP contribution in [0, 0.1) is 23.7 Å². The van der Waals surface area contributed by atoms with E-state index in [1.807, 2.05) is 0 Å². The van der Waals surface area contributed by atoms with Gasteiger partial charge in [0.15, 0.2) is 0 Å². The van der Waals surface area contributed by atoms with Gasteiger partial charge in [-0.05, 0) is 62.7 Å². The lowest BCUT2D eigenvalue weighted by atomic mass is 9.77. The molecule has 1 heterocycles. The molecule has 3 rings (SSSR count). The van der Waals surface area contributed by atoms with Crippen molar-refractivity contribution in [1.29, 1.82) is 0 Å². The number of thioether (sulfide) groups is 1. The molecule has 3 aliphatic rings. The Kier molecular flexibility index (Phi) is 4.26. The molecule has 0 aromatic heterocycles. The summed E-state index contributed by atoms with van der Waals surface area (Å²) in [6.07, 6.45) is 9.85. The predicted molar refractivity (Wildman–Crippen MR) is 85.9 cm³/mol. The molecule has 2 fully saturated rings. The summed E-state index contributed by atoms with van der Waals surface area (Å²) in [6, 6.07) is 0.680. The summed E-state index contributed by atoms with van der Waals surface area (Å²) in [6.45, 7) is 7.20. The van der Waals surface area contributed by atoms with Crippen molar-refractivity contribution in [2.24, 2.45) is 28.7 Å². The number of nitrogens with zero attached hydrogens (tertiary/aromatic N) is 1. The second kappa shape index (κ2) is 5.79. The summed E-state index contributed by atoms with van der Waals surface area (Å²) in [7, 11) is 0. The van der Waals surface area contributed by atoms with Crippen molar-refractivity contribution < 1.29 is 0 Å². The molecule has 0 bridgehead atoms. The van der Waals surface area contributed by atoms with Gasteiger partial charge in [-0.3, -0.25) is 4.99 Å². The van der Waals surface area contributed by atoms with E-state index in [4.69, 9.17) is 4.99 Å². The van der Waals surface area contributed by atoms with Crippen LogP contribution in [0.15, 0.2) is 4.99 Å². The van der Waals surface area contributed by atoms with Crippen LogP contribution in [0.2, 0.25) is 0 Å².